The Kier molecular flexibility index (Phi) is 64.0. The minimum absolute atomic E-state index is 0.116. The molecule has 6 nitrogen and oxygen atoms in total. The second-order valence-corrected chi connectivity index (χ2v) is 20.9. The molecule has 1 unspecified atom stereocenters. The Bertz CT molecular complexity index is 1990. The van der Waals surface area contributed by atoms with Crippen molar-refractivity contribution in [2.75, 3.05) is 13.2 Å². The molecule has 0 aliphatic carbocycles. The molecule has 0 radical (unpaired) electrons. The lowest BCUT2D eigenvalue weighted by Crippen LogP contribution is -2.30. The molecule has 0 aliphatic heterocycles. The number of hydrogen-bond acceptors (Lipinski definition) is 6. The summed E-state index contributed by atoms with van der Waals surface area (Å²) in [6.07, 6.45) is 104. The van der Waals surface area contributed by atoms with Crippen LogP contribution < -0.4 is 0 Å². The first kappa shape index (κ1) is 77.2. The molecule has 6 heteroatoms. The van der Waals surface area contributed by atoms with Crippen molar-refractivity contribution in [3.8, 4) is 0 Å². The summed E-state index contributed by atoms with van der Waals surface area (Å²) < 4.78 is 16.9. The van der Waals surface area contributed by atoms with Gasteiger partial charge in [-0.05, 0) is 161 Å². The van der Waals surface area contributed by atoms with Crippen molar-refractivity contribution in [3.05, 3.63) is 194 Å². The lowest BCUT2D eigenvalue weighted by molar-refractivity contribution is -0.167. The van der Waals surface area contributed by atoms with E-state index in [1.807, 2.05) is 0 Å². The van der Waals surface area contributed by atoms with Gasteiger partial charge in [0.15, 0.2) is 6.10 Å². The Hall–Kier alpha value is -5.75. The van der Waals surface area contributed by atoms with Crippen LogP contribution in [0.1, 0.15) is 252 Å². The molecule has 0 fully saturated rings. The van der Waals surface area contributed by atoms with Crippen molar-refractivity contribution in [2.45, 2.75) is 258 Å². The molecule has 0 bridgehead atoms. The van der Waals surface area contributed by atoms with Crippen LogP contribution in [-0.4, -0.2) is 37.2 Å². The molecule has 0 saturated heterocycles. The number of esters is 3. The molecule has 0 spiro atoms. The van der Waals surface area contributed by atoms with Crippen molar-refractivity contribution in [1.82, 2.24) is 0 Å². The third kappa shape index (κ3) is 66.9. The maximum Gasteiger partial charge on any atom is 0.306 e. The van der Waals surface area contributed by atoms with E-state index in [1.54, 1.807) is 0 Å². The lowest BCUT2D eigenvalue weighted by Gasteiger charge is -2.18. The molecule has 1 atom stereocenters. The van der Waals surface area contributed by atoms with Gasteiger partial charge in [0, 0.05) is 19.3 Å². The van der Waals surface area contributed by atoms with E-state index in [1.165, 1.54) is 25.7 Å². The second-order valence-electron chi connectivity index (χ2n) is 20.9. The van der Waals surface area contributed by atoms with Crippen LogP contribution in [0.4, 0.5) is 0 Å². The summed E-state index contributed by atoms with van der Waals surface area (Å²) in [4.78, 5) is 38.4. The van der Waals surface area contributed by atoms with Crippen molar-refractivity contribution in [1.29, 1.82) is 0 Å². The highest BCUT2D eigenvalue weighted by Gasteiger charge is 2.19. The van der Waals surface area contributed by atoms with Gasteiger partial charge in [-0.3, -0.25) is 14.4 Å². The third-order valence-corrected chi connectivity index (χ3v) is 13.1. The van der Waals surface area contributed by atoms with Gasteiger partial charge in [0.05, 0.1) is 0 Å². The molecule has 462 valence electrons. The summed E-state index contributed by atoms with van der Waals surface area (Å²) in [6.45, 7) is 6.23. The Morgan fingerprint density at radius 2 is 0.434 bits per heavy atom. The van der Waals surface area contributed by atoms with E-state index < -0.39 is 6.10 Å². The van der Waals surface area contributed by atoms with Gasteiger partial charge < -0.3 is 14.2 Å². The van der Waals surface area contributed by atoms with E-state index in [4.69, 9.17) is 14.2 Å². The van der Waals surface area contributed by atoms with E-state index in [-0.39, 0.29) is 44.0 Å². The molecular formula is C77H118O6. The maximum absolute atomic E-state index is 12.9. The molecule has 0 aromatic heterocycles. The number of allylic oxidation sites excluding steroid dienone is 32. The Morgan fingerprint density at radius 1 is 0.241 bits per heavy atom. The first-order chi connectivity index (χ1) is 41.0. The molecule has 0 aromatic carbocycles. The normalized spacial score (nSPS) is 13.4. The van der Waals surface area contributed by atoms with Crippen molar-refractivity contribution in [3.63, 3.8) is 0 Å². The van der Waals surface area contributed by atoms with Crippen molar-refractivity contribution >= 4 is 17.9 Å². The third-order valence-electron chi connectivity index (χ3n) is 13.1. The summed E-state index contributed by atoms with van der Waals surface area (Å²) in [5.74, 6) is -0.995. The first-order valence-electron chi connectivity index (χ1n) is 32.9. The van der Waals surface area contributed by atoms with Gasteiger partial charge in [-0.15, -0.1) is 0 Å². The predicted octanol–water partition coefficient (Wildman–Crippen LogP) is 23.0. The van der Waals surface area contributed by atoms with Crippen molar-refractivity contribution in [2.24, 2.45) is 0 Å². The SMILES string of the molecule is CC/C=C\C/C=C\C/C=C\C/C=C\C/C=C\C/C=C\C/C=C\C/C=C\CCCCC(=O)OCC(COC(=O)CCCCCCCC/C=C\C/C=C\C/C=C\C/C=C\CC)OC(=O)CCCCCCCC/C=C\C/C=C\C/C=C\C/C=C\CC. The highest BCUT2D eigenvalue weighted by atomic mass is 16.6. The van der Waals surface area contributed by atoms with Crippen LogP contribution in [0.3, 0.4) is 0 Å². The predicted molar refractivity (Wildman–Crippen MR) is 361 cm³/mol. The lowest BCUT2D eigenvalue weighted by atomic mass is 10.1. The van der Waals surface area contributed by atoms with Gasteiger partial charge in [0.2, 0.25) is 0 Å². The van der Waals surface area contributed by atoms with E-state index in [2.05, 4.69) is 215 Å². The summed E-state index contributed by atoms with van der Waals surface area (Å²) >= 11 is 0. The largest absolute Gasteiger partial charge is 0.462 e. The summed E-state index contributed by atoms with van der Waals surface area (Å²) in [6, 6.07) is 0. The van der Waals surface area contributed by atoms with E-state index in [0.29, 0.717) is 12.8 Å². The molecular weight excluding hydrogens is 1020 g/mol. The molecule has 0 rings (SSSR count). The summed E-state index contributed by atoms with van der Waals surface area (Å²) in [5.41, 5.74) is 0. The minimum Gasteiger partial charge on any atom is -0.462 e. The summed E-state index contributed by atoms with van der Waals surface area (Å²) in [7, 11) is 0. The molecule has 0 aromatic rings. The number of carbonyl (C=O) groups excluding carboxylic acids is 3. The fourth-order valence-corrected chi connectivity index (χ4v) is 8.26. The Balaban J connectivity index is 4.56. The molecule has 0 amide bonds. The smallest absolute Gasteiger partial charge is 0.306 e. The van der Waals surface area contributed by atoms with Gasteiger partial charge in [-0.25, -0.2) is 0 Å². The fraction of sp³-hybridized carbons (Fsp3) is 0.545. The highest BCUT2D eigenvalue weighted by molar-refractivity contribution is 5.71. The number of carbonyl (C=O) groups is 3. The van der Waals surface area contributed by atoms with Gasteiger partial charge in [0.1, 0.15) is 13.2 Å². The Morgan fingerprint density at radius 3 is 0.699 bits per heavy atom. The quantitative estimate of drug-likeness (QED) is 0.0261. The number of unbranched alkanes of at least 4 members (excludes halogenated alkanes) is 14. The number of ether oxygens (including phenoxy) is 3. The number of rotatable bonds is 57. The van der Waals surface area contributed by atoms with Crippen LogP contribution in [0.15, 0.2) is 194 Å². The number of hydrogen-bond donors (Lipinski definition) is 0. The van der Waals surface area contributed by atoms with Gasteiger partial charge in [-0.1, -0.05) is 267 Å². The van der Waals surface area contributed by atoms with Crippen LogP contribution in [0.2, 0.25) is 0 Å². The van der Waals surface area contributed by atoms with Crippen LogP contribution in [-0.2, 0) is 28.6 Å². The van der Waals surface area contributed by atoms with Crippen LogP contribution >= 0.6 is 0 Å². The fourth-order valence-electron chi connectivity index (χ4n) is 8.26. The monoisotopic (exact) mass is 1140 g/mol. The Labute approximate surface area is 509 Å². The van der Waals surface area contributed by atoms with Crippen molar-refractivity contribution < 1.29 is 28.6 Å². The molecule has 0 N–H and O–H groups in total. The standard InChI is InChI=1S/C77H118O6/c1-4-7-10-13-16-19-22-25-28-31-34-35-36-37-38-39-40-41-44-46-49-52-55-58-61-64-67-70-76(79)82-73-74(83-77(80)71-68-65-62-59-56-53-50-47-43-33-30-27-24-21-18-15-12-9-6-3)72-81-75(78)69-66-63-60-57-54-51-48-45-42-32-29-26-23-20-17-14-11-8-5-2/h7-12,16-21,25-30,34-35,37-38,40-43,45-47,49,55,58,74H,4-6,13-15,22-24,31-33,36,39,44,48,50-54,56-57,59-73H2,1-3H3/b10-7-,11-8-,12-9-,19-16-,20-17-,21-18-,28-25-,29-26-,30-27-,35-34-,38-37-,41-40-,45-42-,47-43-,49-46-,58-55-. The summed E-state index contributed by atoms with van der Waals surface area (Å²) in [5, 5.41) is 0. The van der Waals surface area contributed by atoms with E-state index >= 15 is 0 Å². The average molecular weight is 1140 g/mol. The second kappa shape index (κ2) is 68.7. The van der Waals surface area contributed by atoms with E-state index in [0.717, 1.165) is 180 Å². The topological polar surface area (TPSA) is 78.9 Å². The zero-order chi connectivity index (χ0) is 59.9. The van der Waals surface area contributed by atoms with Crippen LogP contribution in [0, 0.1) is 0 Å². The minimum atomic E-state index is -0.825. The zero-order valence-corrected chi connectivity index (χ0v) is 52.9. The average Bonchev–Trinajstić information content (AvgIpc) is 3.50. The maximum atomic E-state index is 12.9. The van der Waals surface area contributed by atoms with Gasteiger partial charge in [-0.2, -0.15) is 0 Å². The molecule has 0 aliphatic rings. The molecule has 83 heavy (non-hydrogen) atoms. The molecule has 0 heterocycles. The van der Waals surface area contributed by atoms with Crippen LogP contribution in [0.25, 0.3) is 0 Å². The molecule has 0 saturated carbocycles. The van der Waals surface area contributed by atoms with Gasteiger partial charge in [0.25, 0.3) is 0 Å². The highest BCUT2D eigenvalue weighted by Crippen LogP contribution is 2.14. The van der Waals surface area contributed by atoms with Crippen LogP contribution in [0.5, 0.6) is 0 Å². The van der Waals surface area contributed by atoms with Gasteiger partial charge >= 0.3 is 17.9 Å². The zero-order valence-electron chi connectivity index (χ0n) is 52.9. The van der Waals surface area contributed by atoms with E-state index in [9.17, 15) is 14.4 Å². The first-order valence-corrected chi connectivity index (χ1v) is 32.9.